The summed E-state index contributed by atoms with van der Waals surface area (Å²) in [6.45, 7) is 4.94. The minimum atomic E-state index is -0.312. The minimum absolute atomic E-state index is 0.00804. The monoisotopic (exact) mass is 537 g/mol. The van der Waals surface area contributed by atoms with Crippen molar-refractivity contribution in [2.75, 3.05) is 25.7 Å². The summed E-state index contributed by atoms with van der Waals surface area (Å²) in [6.07, 6.45) is 5.97. The molecule has 6 nitrogen and oxygen atoms in total. The van der Waals surface area contributed by atoms with Gasteiger partial charge in [0.15, 0.2) is 0 Å². The van der Waals surface area contributed by atoms with Gasteiger partial charge in [0.1, 0.15) is 10.6 Å². The van der Waals surface area contributed by atoms with E-state index in [1.807, 2.05) is 47.4 Å². The molecule has 3 aromatic rings. The lowest BCUT2D eigenvalue weighted by Gasteiger charge is -2.23. The number of nitrogens with zero attached hydrogens (tertiary/aromatic N) is 1. The molecule has 0 spiro atoms. The number of hydrogen-bond donors (Lipinski definition) is 0. The molecule has 1 aromatic heterocycles. The fourth-order valence-electron chi connectivity index (χ4n) is 4.32. The fourth-order valence-corrected chi connectivity index (χ4v) is 5.28. The van der Waals surface area contributed by atoms with E-state index in [1.54, 1.807) is 20.1 Å². The van der Waals surface area contributed by atoms with Crippen molar-refractivity contribution in [3.8, 4) is 5.75 Å². The van der Waals surface area contributed by atoms with Gasteiger partial charge in [-0.3, -0.25) is 4.79 Å². The zero-order chi connectivity index (χ0) is 27.3. The quantitative estimate of drug-likeness (QED) is 0.150. The van der Waals surface area contributed by atoms with Crippen LogP contribution in [-0.2, 0) is 27.3 Å². The topological polar surface area (TPSA) is 65.1 Å². The van der Waals surface area contributed by atoms with Gasteiger partial charge in [0, 0.05) is 24.0 Å². The average molecular weight is 538 g/mol. The van der Waals surface area contributed by atoms with Gasteiger partial charge in [0.25, 0.3) is 0 Å². The maximum atomic E-state index is 12.5. The number of unbranched alkanes of at least 4 members (excludes halogenated alkanes) is 2. The summed E-state index contributed by atoms with van der Waals surface area (Å²) in [5, 5.41) is 0. The third-order valence-electron chi connectivity index (χ3n) is 6.49. The van der Waals surface area contributed by atoms with E-state index >= 15 is 0 Å². The number of ether oxygens (including phenoxy) is 3. The van der Waals surface area contributed by atoms with E-state index in [4.69, 9.17) is 14.2 Å². The number of aryl methyl sites for hydroxylation is 1. The second kappa shape index (κ2) is 15.3. The van der Waals surface area contributed by atoms with Gasteiger partial charge < -0.3 is 19.1 Å². The van der Waals surface area contributed by atoms with Crippen LogP contribution >= 0.6 is 11.3 Å². The largest absolute Gasteiger partial charge is 0.497 e. The molecule has 0 fully saturated rings. The number of benzene rings is 2. The SMILES string of the molecule is CCCCCC(OCc1ccc(OC)cc1)c1ccc(N(CCCc2ccc(C(=O)OC)s2)C(C)=O)cc1. The van der Waals surface area contributed by atoms with Crippen LogP contribution in [0.15, 0.2) is 60.7 Å². The zero-order valence-electron chi connectivity index (χ0n) is 22.9. The summed E-state index contributed by atoms with van der Waals surface area (Å²) in [5.41, 5.74) is 3.11. The number of rotatable bonds is 15. The Morgan fingerprint density at radius 2 is 1.66 bits per heavy atom. The smallest absolute Gasteiger partial charge is 0.348 e. The predicted molar refractivity (Wildman–Crippen MR) is 153 cm³/mol. The van der Waals surface area contributed by atoms with Gasteiger partial charge in [0.05, 0.1) is 26.9 Å². The van der Waals surface area contributed by atoms with Crippen LogP contribution in [0.25, 0.3) is 0 Å². The molecule has 0 aliphatic heterocycles. The van der Waals surface area contributed by atoms with E-state index in [2.05, 4.69) is 19.1 Å². The van der Waals surface area contributed by atoms with Crippen molar-refractivity contribution in [2.24, 2.45) is 0 Å². The Kier molecular flexibility index (Phi) is 11.8. The van der Waals surface area contributed by atoms with Crippen LogP contribution in [0.3, 0.4) is 0 Å². The maximum absolute atomic E-state index is 12.5. The predicted octanol–water partition coefficient (Wildman–Crippen LogP) is 7.37. The molecule has 0 bridgehead atoms. The van der Waals surface area contributed by atoms with Crippen LogP contribution in [0.5, 0.6) is 5.75 Å². The minimum Gasteiger partial charge on any atom is -0.497 e. The van der Waals surface area contributed by atoms with Gasteiger partial charge in [-0.15, -0.1) is 11.3 Å². The number of carbonyl (C=O) groups excluding carboxylic acids is 2. The highest BCUT2D eigenvalue weighted by atomic mass is 32.1. The van der Waals surface area contributed by atoms with Crippen molar-refractivity contribution in [2.45, 2.75) is 65.1 Å². The van der Waals surface area contributed by atoms with E-state index in [9.17, 15) is 9.59 Å². The Labute approximate surface area is 230 Å². The summed E-state index contributed by atoms with van der Waals surface area (Å²) in [6, 6.07) is 19.9. The number of methoxy groups -OCH3 is 2. The van der Waals surface area contributed by atoms with Gasteiger partial charge in [0.2, 0.25) is 5.91 Å². The molecule has 0 saturated carbocycles. The first kappa shape index (κ1) is 29.4. The number of carbonyl (C=O) groups is 2. The Bertz CT molecular complexity index is 1140. The van der Waals surface area contributed by atoms with Crippen LogP contribution < -0.4 is 9.64 Å². The number of hydrogen-bond acceptors (Lipinski definition) is 6. The standard InChI is InChI=1S/C31H39NO5S/c1-5-6-7-10-29(37-22-24-11-17-27(35-3)18-12-24)25-13-15-26(16-14-25)32(23(2)33)21-8-9-28-19-20-30(38-28)31(34)36-4/h11-20,29H,5-10,21-22H2,1-4H3. The third kappa shape index (κ3) is 8.71. The normalized spacial score (nSPS) is 11.7. The van der Waals surface area contributed by atoms with E-state index in [-0.39, 0.29) is 18.0 Å². The molecule has 1 heterocycles. The number of amides is 1. The number of esters is 1. The van der Waals surface area contributed by atoms with Crippen molar-refractivity contribution in [3.05, 3.63) is 81.5 Å². The fraction of sp³-hybridized carbons (Fsp3) is 0.419. The summed E-state index contributed by atoms with van der Waals surface area (Å²) < 4.78 is 16.4. The summed E-state index contributed by atoms with van der Waals surface area (Å²) >= 11 is 1.44. The van der Waals surface area contributed by atoms with E-state index in [0.29, 0.717) is 18.0 Å². The highest BCUT2D eigenvalue weighted by molar-refractivity contribution is 7.13. The summed E-state index contributed by atoms with van der Waals surface area (Å²) in [5.74, 6) is 0.530. The third-order valence-corrected chi connectivity index (χ3v) is 7.61. The van der Waals surface area contributed by atoms with E-state index < -0.39 is 0 Å². The molecule has 0 aliphatic rings. The molecule has 0 aliphatic carbocycles. The molecule has 3 rings (SSSR count). The molecular weight excluding hydrogens is 498 g/mol. The Hall–Kier alpha value is -3.16. The van der Waals surface area contributed by atoms with Crippen LogP contribution in [0.1, 0.15) is 77.7 Å². The van der Waals surface area contributed by atoms with Crippen LogP contribution in [0.4, 0.5) is 5.69 Å². The van der Waals surface area contributed by atoms with Crippen molar-refractivity contribution >= 4 is 28.9 Å². The molecular formula is C31H39NO5S. The molecule has 0 radical (unpaired) electrons. The molecule has 7 heteroatoms. The molecule has 0 N–H and O–H groups in total. The van der Waals surface area contributed by atoms with Crippen molar-refractivity contribution in [1.82, 2.24) is 0 Å². The van der Waals surface area contributed by atoms with Crippen molar-refractivity contribution in [1.29, 1.82) is 0 Å². The van der Waals surface area contributed by atoms with Crippen molar-refractivity contribution in [3.63, 3.8) is 0 Å². The average Bonchev–Trinajstić information content (AvgIpc) is 3.42. The first-order valence-corrected chi connectivity index (χ1v) is 14.1. The molecule has 0 saturated heterocycles. The Balaban J connectivity index is 1.63. The van der Waals surface area contributed by atoms with Gasteiger partial charge >= 0.3 is 5.97 Å². The number of thiophene rings is 1. The first-order valence-electron chi connectivity index (χ1n) is 13.2. The molecule has 1 unspecified atom stereocenters. The van der Waals surface area contributed by atoms with Crippen molar-refractivity contribution < 1.29 is 23.8 Å². The van der Waals surface area contributed by atoms with Crippen LogP contribution in [0.2, 0.25) is 0 Å². The molecule has 1 amide bonds. The lowest BCUT2D eigenvalue weighted by Crippen LogP contribution is -2.29. The van der Waals surface area contributed by atoms with Crippen LogP contribution in [-0.4, -0.2) is 32.6 Å². The van der Waals surface area contributed by atoms with Gasteiger partial charge in [-0.2, -0.15) is 0 Å². The molecule has 2 aromatic carbocycles. The lowest BCUT2D eigenvalue weighted by atomic mass is 10.0. The summed E-state index contributed by atoms with van der Waals surface area (Å²) in [7, 11) is 3.05. The first-order chi connectivity index (χ1) is 18.4. The Morgan fingerprint density at radius 3 is 2.29 bits per heavy atom. The second-order valence-electron chi connectivity index (χ2n) is 9.27. The zero-order valence-corrected chi connectivity index (χ0v) is 23.7. The molecule has 1 atom stereocenters. The molecule has 204 valence electrons. The highest BCUT2D eigenvalue weighted by Gasteiger charge is 2.16. The van der Waals surface area contributed by atoms with Crippen LogP contribution in [0, 0.1) is 0 Å². The number of anilines is 1. The maximum Gasteiger partial charge on any atom is 0.348 e. The highest BCUT2D eigenvalue weighted by Crippen LogP contribution is 2.28. The lowest BCUT2D eigenvalue weighted by molar-refractivity contribution is -0.116. The van der Waals surface area contributed by atoms with E-state index in [0.717, 1.165) is 59.5 Å². The van der Waals surface area contributed by atoms with E-state index in [1.165, 1.54) is 24.9 Å². The van der Waals surface area contributed by atoms with Gasteiger partial charge in [-0.25, -0.2) is 4.79 Å². The second-order valence-corrected chi connectivity index (χ2v) is 10.4. The Morgan fingerprint density at radius 1 is 0.921 bits per heavy atom. The van der Waals surface area contributed by atoms with Gasteiger partial charge in [-0.1, -0.05) is 50.5 Å². The van der Waals surface area contributed by atoms with Gasteiger partial charge in [-0.05, 0) is 66.8 Å². The summed E-state index contributed by atoms with van der Waals surface area (Å²) in [4.78, 5) is 27.7. The molecule has 38 heavy (non-hydrogen) atoms.